The van der Waals surface area contributed by atoms with Crippen LogP contribution in [-0.2, 0) is 14.3 Å². The summed E-state index contributed by atoms with van der Waals surface area (Å²) in [6.07, 6.45) is 4.70. The standard InChI is InChI=1S/C13H24N2O3/c1-17-13(5-6-18-9-13)8-15-12(16)10-3-2-4-11(14)7-10/h10-11H,2-9,14H2,1H3,(H,15,16). The summed E-state index contributed by atoms with van der Waals surface area (Å²) in [5.41, 5.74) is 5.58. The largest absolute Gasteiger partial charge is 0.378 e. The Morgan fingerprint density at radius 1 is 1.56 bits per heavy atom. The molecule has 3 unspecified atom stereocenters. The lowest BCUT2D eigenvalue weighted by Crippen LogP contribution is -2.47. The SMILES string of the molecule is COC1(CNC(=O)C2CCCC(N)C2)CCOC1. The molecule has 1 saturated carbocycles. The van der Waals surface area contributed by atoms with Gasteiger partial charge in [-0.05, 0) is 19.3 Å². The number of hydrogen-bond acceptors (Lipinski definition) is 4. The summed E-state index contributed by atoms with van der Waals surface area (Å²) in [4.78, 5) is 12.1. The smallest absolute Gasteiger partial charge is 0.223 e. The Bertz CT molecular complexity index is 290. The van der Waals surface area contributed by atoms with E-state index < -0.39 is 0 Å². The quantitative estimate of drug-likeness (QED) is 0.765. The van der Waals surface area contributed by atoms with E-state index in [4.69, 9.17) is 15.2 Å². The Kier molecular flexibility index (Phi) is 4.59. The number of nitrogens with one attached hydrogen (secondary N) is 1. The zero-order valence-electron chi connectivity index (χ0n) is 11.1. The Balaban J connectivity index is 1.80. The summed E-state index contributed by atoms with van der Waals surface area (Å²) in [7, 11) is 1.68. The fourth-order valence-electron chi connectivity index (χ4n) is 2.82. The third-order valence-electron chi connectivity index (χ3n) is 4.17. The Labute approximate surface area is 108 Å². The minimum absolute atomic E-state index is 0.0741. The molecule has 3 atom stereocenters. The Hall–Kier alpha value is -0.650. The zero-order chi connectivity index (χ0) is 13.0. The van der Waals surface area contributed by atoms with E-state index in [0.29, 0.717) is 19.8 Å². The second-order valence-electron chi connectivity index (χ2n) is 5.53. The molecule has 1 heterocycles. The first-order chi connectivity index (χ1) is 8.65. The first-order valence-electron chi connectivity index (χ1n) is 6.81. The summed E-state index contributed by atoms with van der Waals surface area (Å²) in [5.74, 6) is 0.193. The molecule has 1 aliphatic carbocycles. The van der Waals surface area contributed by atoms with Crippen LogP contribution in [0.15, 0.2) is 0 Å². The number of nitrogens with two attached hydrogens (primary N) is 1. The van der Waals surface area contributed by atoms with E-state index in [-0.39, 0.29) is 23.5 Å². The van der Waals surface area contributed by atoms with Crippen molar-refractivity contribution in [1.29, 1.82) is 0 Å². The molecule has 1 aliphatic heterocycles. The topological polar surface area (TPSA) is 73.6 Å². The van der Waals surface area contributed by atoms with E-state index in [1.165, 1.54) is 0 Å². The fraction of sp³-hybridized carbons (Fsp3) is 0.923. The molecule has 0 radical (unpaired) electrons. The number of amides is 1. The van der Waals surface area contributed by atoms with Crippen LogP contribution in [0.5, 0.6) is 0 Å². The maximum atomic E-state index is 12.1. The molecule has 0 aromatic heterocycles. The summed E-state index contributed by atoms with van der Waals surface area (Å²) >= 11 is 0. The maximum absolute atomic E-state index is 12.1. The van der Waals surface area contributed by atoms with Crippen LogP contribution in [0.25, 0.3) is 0 Å². The lowest BCUT2D eigenvalue weighted by Gasteiger charge is -2.29. The van der Waals surface area contributed by atoms with Crippen LogP contribution < -0.4 is 11.1 Å². The molecule has 18 heavy (non-hydrogen) atoms. The average Bonchev–Trinajstić information content (AvgIpc) is 2.85. The lowest BCUT2D eigenvalue weighted by atomic mass is 9.85. The molecule has 1 amide bonds. The minimum atomic E-state index is -0.327. The van der Waals surface area contributed by atoms with Crippen LogP contribution in [0, 0.1) is 5.92 Å². The molecular weight excluding hydrogens is 232 g/mol. The van der Waals surface area contributed by atoms with Crippen molar-refractivity contribution < 1.29 is 14.3 Å². The van der Waals surface area contributed by atoms with Gasteiger partial charge in [0.1, 0.15) is 5.60 Å². The summed E-state index contributed by atoms with van der Waals surface area (Å²) < 4.78 is 10.8. The lowest BCUT2D eigenvalue weighted by molar-refractivity contribution is -0.127. The highest BCUT2D eigenvalue weighted by molar-refractivity contribution is 5.78. The van der Waals surface area contributed by atoms with Crippen molar-refractivity contribution in [2.45, 2.75) is 43.7 Å². The normalized spacial score (nSPS) is 36.6. The van der Waals surface area contributed by atoms with E-state index in [1.54, 1.807) is 7.11 Å². The number of hydrogen-bond donors (Lipinski definition) is 2. The predicted octanol–water partition coefficient (Wildman–Crippen LogP) is 0.426. The highest BCUT2D eigenvalue weighted by Crippen LogP contribution is 2.25. The highest BCUT2D eigenvalue weighted by atomic mass is 16.5. The van der Waals surface area contributed by atoms with Gasteiger partial charge in [-0.25, -0.2) is 0 Å². The van der Waals surface area contributed by atoms with Crippen LogP contribution in [0.2, 0.25) is 0 Å². The number of ether oxygens (including phenoxy) is 2. The predicted molar refractivity (Wildman–Crippen MR) is 68.1 cm³/mol. The molecule has 2 aliphatic rings. The van der Waals surface area contributed by atoms with Crippen LogP contribution in [0.1, 0.15) is 32.1 Å². The van der Waals surface area contributed by atoms with Gasteiger partial charge in [0.15, 0.2) is 0 Å². The van der Waals surface area contributed by atoms with Gasteiger partial charge in [0.2, 0.25) is 5.91 Å². The van der Waals surface area contributed by atoms with E-state index in [2.05, 4.69) is 5.32 Å². The zero-order valence-corrected chi connectivity index (χ0v) is 11.1. The first kappa shape index (κ1) is 13.8. The Morgan fingerprint density at radius 3 is 3.00 bits per heavy atom. The van der Waals surface area contributed by atoms with Crippen LogP contribution in [-0.4, -0.2) is 44.4 Å². The van der Waals surface area contributed by atoms with Gasteiger partial charge in [0.05, 0.1) is 6.61 Å². The first-order valence-corrected chi connectivity index (χ1v) is 6.81. The molecule has 5 heteroatoms. The summed E-state index contributed by atoms with van der Waals surface area (Å²) in [6.45, 7) is 1.81. The number of carbonyl (C=O) groups is 1. The van der Waals surface area contributed by atoms with Gasteiger partial charge in [-0.1, -0.05) is 6.42 Å². The van der Waals surface area contributed by atoms with Gasteiger partial charge in [0.25, 0.3) is 0 Å². The van der Waals surface area contributed by atoms with Crippen molar-refractivity contribution in [3.05, 3.63) is 0 Å². The fourth-order valence-corrected chi connectivity index (χ4v) is 2.82. The second-order valence-corrected chi connectivity index (χ2v) is 5.53. The van der Waals surface area contributed by atoms with Gasteiger partial charge in [-0.2, -0.15) is 0 Å². The molecule has 3 N–H and O–H groups in total. The molecule has 5 nitrogen and oxygen atoms in total. The Morgan fingerprint density at radius 2 is 2.39 bits per heavy atom. The maximum Gasteiger partial charge on any atom is 0.223 e. The molecule has 0 aromatic rings. The summed E-state index contributed by atoms with van der Waals surface area (Å²) in [5, 5.41) is 3.01. The van der Waals surface area contributed by atoms with E-state index in [1.807, 2.05) is 0 Å². The molecule has 0 aromatic carbocycles. The van der Waals surface area contributed by atoms with Crippen LogP contribution >= 0.6 is 0 Å². The molecular formula is C13H24N2O3. The number of methoxy groups -OCH3 is 1. The monoisotopic (exact) mass is 256 g/mol. The van der Waals surface area contributed by atoms with Gasteiger partial charge in [0, 0.05) is 38.6 Å². The van der Waals surface area contributed by atoms with Crippen molar-refractivity contribution in [1.82, 2.24) is 5.32 Å². The van der Waals surface area contributed by atoms with E-state index >= 15 is 0 Å². The molecule has 2 rings (SSSR count). The van der Waals surface area contributed by atoms with E-state index in [9.17, 15) is 4.79 Å². The van der Waals surface area contributed by atoms with E-state index in [0.717, 1.165) is 32.1 Å². The third kappa shape index (κ3) is 3.22. The number of rotatable bonds is 4. The van der Waals surface area contributed by atoms with Crippen molar-refractivity contribution in [3.8, 4) is 0 Å². The third-order valence-corrected chi connectivity index (χ3v) is 4.17. The van der Waals surface area contributed by atoms with Crippen molar-refractivity contribution >= 4 is 5.91 Å². The van der Waals surface area contributed by atoms with Crippen LogP contribution in [0.3, 0.4) is 0 Å². The van der Waals surface area contributed by atoms with Gasteiger partial charge in [-0.15, -0.1) is 0 Å². The van der Waals surface area contributed by atoms with Gasteiger partial charge >= 0.3 is 0 Å². The van der Waals surface area contributed by atoms with Gasteiger partial charge in [-0.3, -0.25) is 4.79 Å². The van der Waals surface area contributed by atoms with Gasteiger partial charge < -0.3 is 20.5 Å². The minimum Gasteiger partial charge on any atom is -0.378 e. The molecule has 0 spiro atoms. The molecule has 1 saturated heterocycles. The average molecular weight is 256 g/mol. The van der Waals surface area contributed by atoms with Crippen molar-refractivity contribution in [2.24, 2.45) is 11.7 Å². The second kappa shape index (κ2) is 5.99. The van der Waals surface area contributed by atoms with Crippen molar-refractivity contribution in [2.75, 3.05) is 26.9 Å². The van der Waals surface area contributed by atoms with Crippen LogP contribution in [0.4, 0.5) is 0 Å². The molecule has 2 fully saturated rings. The molecule has 0 bridgehead atoms. The van der Waals surface area contributed by atoms with Crippen molar-refractivity contribution in [3.63, 3.8) is 0 Å². The number of carbonyl (C=O) groups excluding carboxylic acids is 1. The summed E-state index contributed by atoms with van der Waals surface area (Å²) in [6, 6.07) is 0.181. The highest BCUT2D eigenvalue weighted by Gasteiger charge is 2.36. The molecule has 104 valence electrons.